The molecular formula is C26H41N3O. The first-order valence-corrected chi connectivity index (χ1v) is 12.6. The van der Waals surface area contributed by atoms with Gasteiger partial charge in [-0.3, -0.25) is 4.79 Å². The lowest BCUT2D eigenvalue weighted by Crippen LogP contribution is -2.49. The van der Waals surface area contributed by atoms with E-state index in [9.17, 15) is 4.79 Å². The Labute approximate surface area is 183 Å². The van der Waals surface area contributed by atoms with E-state index in [0.29, 0.717) is 5.91 Å². The SMILES string of the molecule is O=C(C1CCN(C2CCN(CCCc3ccccc3)CC2)CC1)N1CCCCCC1. The van der Waals surface area contributed by atoms with Gasteiger partial charge in [-0.2, -0.15) is 0 Å². The number of rotatable bonds is 6. The smallest absolute Gasteiger partial charge is 0.225 e. The molecule has 0 atom stereocenters. The van der Waals surface area contributed by atoms with Crippen LogP contribution >= 0.6 is 0 Å². The van der Waals surface area contributed by atoms with Crippen molar-refractivity contribution < 1.29 is 4.79 Å². The van der Waals surface area contributed by atoms with Crippen LogP contribution in [0.5, 0.6) is 0 Å². The third-order valence-electron chi connectivity index (χ3n) is 7.65. The summed E-state index contributed by atoms with van der Waals surface area (Å²) in [5.74, 6) is 0.752. The average molecular weight is 412 g/mol. The van der Waals surface area contributed by atoms with E-state index in [1.807, 2.05) is 0 Å². The highest BCUT2D eigenvalue weighted by atomic mass is 16.2. The summed E-state index contributed by atoms with van der Waals surface area (Å²) >= 11 is 0. The van der Waals surface area contributed by atoms with Crippen molar-refractivity contribution >= 4 is 5.91 Å². The summed E-state index contributed by atoms with van der Waals surface area (Å²) in [6, 6.07) is 11.6. The van der Waals surface area contributed by atoms with E-state index in [4.69, 9.17) is 0 Å². The average Bonchev–Trinajstić information content (AvgIpc) is 3.10. The zero-order chi connectivity index (χ0) is 20.6. The van der Waals surface area contributed by atoms with E-state index in [-0.39, 0.29) is 5.92 Å². The Bertz CT molecular complexity index is 625. The quantitative estimate of drug-likeness (QED) is 0.702. The van der Waals surface area contributed by atoms with Gasteiger partial charge in [0.2, 0.25) is 5.91 Å². The Morgan fingerprint density at radius 3 is 2.13 bits per heavy atom. The second-order valence-corrected chi connectivity index (χ2v) is 9.71. The molecule has 3 heterocycles. The van der Waals surface area contributed by atoms with Crippen molar-refractivity contribution in [1.82, 2.24) is 14.7 Å². The second-order valence-electron chi connectivity index (χ2n) is 9.71. The molecule has 0 radical (unpaired) electrons. The minimum atomic E-state index is 0.289. The van der Waals surface area contributed by atoms with E-state index < -0.39 is 0 Å². The Morgan fingerprint density at radius 2 is 1.47 bits per heavy atom. The molecule has 0 bridgehead atoms. The van der Waals surface area contributed by atoms with E-state index in [1.165, 1.54) is 76.6 Å². The molecule has 4 nitrogen and oxygen atoms in total. The van der Waals surface area contributed by atoms with Crippen LogP contribution < -0.4 is 0 Å². The van der Waals surface area contributed by atoms with Crippen molar-refractivity contribution in [2.45, 2.75) is 70.3 Å². The van der Waals surface area contributed by atoms with Crippen LogP contribution in [0.2, 0.25) is 0 Å². The topological polar surface area (TPSA) is 26.8 Å². The monoisotopic (exact) mass is 411 g/mol. The van der Waals surface area contributed by atoms with Crippen LogP contribution in [0.15, 0.2) is 30.3 Å². The molecule has 0 saturated carbocycles. The lowest BCUT2D eigenvalue weighted by Gasteiger charge is -2.42. The molecule has 0 unspecified atom stereocenters. The largest absolute Gasteiger partial charge is 0.342 e. The first-order chi connectivity index (χ1) is 14.8. The van der Waals surface area contributed by atoms with E-state index in [1.54, 1.807) is 0 Å². The number of amides is 1. The molecule has 1 amide bonds. The fraction of sp³-hybridized carbons (Fsp3) is 0.731. The molecule has 0 aliphatic carbocycles. The van der Waals surface area contributed by atoms with Crippen LogP contribution in [0.25, 0.3) is 0 Å². The van der Waals surface area contributed by atoms with Crippen LogP contribution in [-0.2, 0) is 11.2 Å². The summed E-state index contributed by atoms with van der Waals surface area (Å²) in [5.41, 5.74) is 1.46. The van der Waals surface area contributed by atoms with Crippen molar-refractivity contribution in [2.75, 3.05) is 45.8 Å². The van der Waals surface area contributed by atoms with Gasteiger partial charge in [0, 0.05) is 25.0 Å². The Kier molecular flexibility index (Phi) is 8.22. The van der Waals surface area contributed by atoms with Gasteiger partial charge in [0.15, 0.2) is 0 Å². The van der Waals surface area contributed by atoms with E-state index in [0.717, 1.165) is 45.1 Å². The number of benzene rings is 1. The zero-order valence-electron chi connectivity index (χ0n) is 18.8. The van der Waals surface area contributed by atoms with Gasteiger partial charge in [0.05, 0.1) is 0 Å². The Hall–Kier alpha value is -1.39. The van der Waals surface area contributed by atoms with Gasteiger partial charge in [-0.15, -0.1) is 0 Å². The molecule has 3 fully saturated rings. The van der Waals surface area contributed by atoms with Crippen LogP contribution in [0.3, 0.4) is 0 Å². The van der Waals surface area contributed by atoms with Crippen molar-refractivity contribution in [3.63, 3.8) is 0 Å². The number of likely N-dealkylation sites (tertiary alicyclic amines) is 3. The summed E-state index contributed by atoms with van der Waals surface area (Å²) in [5, 5.41) is 0. The van der Waals surface area contributed by atoms with Crippen LogP contribution in [0.4, 0.5) is 0 Å². The summed E-state index contributed by atoms with van der Waals surface area (Å²) < 4.78 is 0. The third-order valence-corrected chi connectivity index (χ3v) is 7.65. The number of hydrogen-bond donors (Lipinski definition) is 0. The molecule has 166 valence electrons. The van der Waals surface area contributed by atoms with Gasteiger partial charge in [-0.25, -0.2) is 0 Å². The number of piperidine rings is 2. The van der Waals surface area contributed by atoms with Crippen LogP contribution in [-0.4, -0.2) is 72.5 Å². The minimum absolute atomic E-state index is 0.289. The number of nitrogens with zero attached hydrogens (tertiary/aromatic N) is 3. The highest BCUT2D eigenvalue weighted by Crippen LogP contribution is 2.26. The molecule has 1 aromatic rings. The standard InChI is InChI=1S/C26H41N3O/c30-26(29-17-6-1-2-7-18-29)24-12-21-28(22-13-24)25-14-19-27(20-15-25)16-8-11-23-9-4-3-5-10-23/h3-5,9-10,24-25H,1-2,6-8,11-22H2. The summed E-state index contributed by atoms with van der Waals surface area (Å²) in [6.45, 7) is 7.97. The molecular weight excluding hydrogens is 370 g/mol. The summed E-state index contributed by atoms with van der Waals surface area (Å²) in [4.78, 5) is 20.5. The summed E-state index contributed by atoms with van der Waals surface area (Å²) in [6.07, 6.45) is 12.2. The van der Waals surface area contributed by atoms with Gasteiger partial charge in [0.25, 0.3) is 0 Å². The lowest BCUT2D eigenvalue weighted by atomic mass is 9.92. The highest BCUT2D eigenvalue weighted by molar-refractivity contribution is 5.79. The first kappa shape index (κ1) is 21.8. The molecule has 1 aromatic carbocycles. The molecule has 0 N–H and O–H groups in total. The van der Waals surface area contributed by atoms with Crippen molar-refractivity contribution in [3.05, 3.63) is 35.9 Å². The van der Waals surface area contributed by atoms with Crippen molar-refractivity contribution in [1.29, 1.82) is 0 Å². The lowest BCUT2D eigenvalue weighted by molar-refractivity contribution is -0.137. The van der Waals surface area contributed by atoms with Gasteiger partial charge in [-0.1, -0.05) is 43.2 Å². The predicted molar refractivity (Wildman–Crippen MR) is 124 cm³/mol. The number of aryl methyl sites for hydroxylation is 1. The van der Waals surface area contributed by atoms with Gasteiger partial charge >= 0.3 is 0 Å². The van der Waals surface area contributed by atoms with Gasteiger partial charge < -0.3 is 14.7 Å². The first-order valence-electron chi connectivity index (χ1n) is 12.6. The fourth-order valence-electron chi connectivity index (χ4n) is 5.72. The molecule has 30 heavy (non-hydrogen) atoms. The molecule has 4 heteroatoms. The van der Waals surface area contributed by atoms with Gasteiger partial charge in [-0.05, 0) is 89.7 Å². The third kappa shape index (κ3) is 6.07. The fourth-order valence-corrected chi connectivity index (χ4v) is 5.72. The Morgan fingerprint density at radius 1 is 0.800 bits per heavy atom. The maximum absolute atomic E-state index is 12.9. The zero-order valence-corrected chi connectivity index (χ0v) is 18.8. The van der Waals surface area contributed by atoms with Gasteiger partial charge in [0.1, 0.15) is 0 Å². The van der Waals surface area contributed by atoms with Crippen molar-refractivity contribution in [3.8, 4) is 0 Å². The second kappa shape index (κ2) is 11.3. The molecule has 3 aliphatic rings. The maximum atomic E-state index is 12.9. The van der Waals surface area contributed by atoms with E-state index in [2.05, 4.69) is 45.0 Å². The molecule has 4 rings (SSSR count). The highest BCUT2D eigenvalue weighted by Gasteiger charge is 2.32. The maximum Gasteiger partial charge on any atom is 0.225 e. The van der Waals surface area contributed by atoms with Crippen molar-refractivity contribution in [2.24, 2.45) is 5.92 Å². The molecule has 0 aromatic heterocycles. The number of carbonyl (C=O) groups excluding carboxylic acids is 1. The van der Waals surface area contributed by atoms with Crippen LogP contribution in [0.1, 0.15) is 63.4 Å². The summed E-state index contributed by atoms with van der Waals surface area (Å²) in [7, 11) is 0. The minimum Gasteiger partial charge on any atom is -0.342 e. The predicted octanol–water partition coefficient (Wildman–Crippen LogP) is 4.20. The molecule has 3 aliphatic heterocycles. The normalized spacial score (nSPS) is 23.4. The molecule has 0 spiro atoms. The Balaban J connectivity index is 1.13. The van der Waals surface area contributed by atoms with Crippen LogP contribution in [0, 0.1) is 5.92 Å². The number of hydrogen-bond acceptors (Lipinski definition) is 3. The molecule has 3 saturated heterocycles. The number of carbonyl (C=O) groups is 1. The van der Waals surface area contributed by atoms with E-state index >= 15 is 0 Å².